The second-order valence-corrected chi connectivity index (χ2v) is 5.29. The summed E-state index contributed by atoms with van der Waals surface area (Å²) in [6, 6.07) is 0. The molecule has 1 fully saturated rings. The molecule has 0 bridgehead atoms. The average Bonchev–Trinajstić information content (AvgIpc) is 3.12. The van der Waals surface area contributed by atoms with Gasteiger partial charge in [0.25, 0.3) is 0 Å². The molecule has 0 unspecified atom stereocenters. The number of allylic oxidation sites excluding steroid dienone is 2. The first-order valence-electron chi connectivity index (χ1n) is 6.53. The summed E-state index contributed by atoms with van der Waals surface area (Å²) < 4.78 is 5.27. The number of hydrogen-bond donors (Lipinski definition) is 0. The lowest BCUT2D eigenvalue weighted by molar-refractivity contribution is -0.141. The number of hydrogen-bond acceptors (Lipinski definition) is 4. The van der Waals surface area contributed by atoms with Gasteiger partial charge in [0.05, 0.1) is 11.5 Å². The Morgan fingerprint density at radius 2 is 1.89 bits per heavy atom. The molecule has 0 aromatic heterocycles. The number of carbonyl (C=O) groups is 3. The summed E-state index contributed by atoms with van der Waals surface area (Å²) >= 11 is 0. The molecule has 0 saturated heterocycles. The largest absolute Gasteiger partial charge is 0.430 e. The standard InChI is InChI=1S/C14H18O4/c1-8(2)13(16)12-10(15)4-3-5-11(12)18-14(17)9-6-7-9/h8-9H,3-7H2,1-2H3. The Balaban J connectivity index is 2.23. The zero-order valence-corrected chi connectivity index (χ0v) is 10.8. The fourth-order valence-electron chi connectivity index (χ4n) is 2.00. The first kappa shape index (κ1) is 13.0. The van der Waals surface area contributed by atoms with Crippen molar-refractivity contribution in [3.8, 4) is 0 Å². The van der Waals surface area contributed by atoms with Crippen LogP contribution in [0.25, 0.3) is 0 Å². The first-order chi connectivity index (χ1) is 8.50. The van der Waals surface area contributed by atoms with Crippen LogP contribution in [-0.2, 0) is 19.1 Å². The molecule has 0 atom stereocenters. The van der Waals surface area contributed by atoms with Crippen molar-refractivity contribution in [2.45, 2.75) is 46.0 Å². The molecule has 98 valence electrons. The van der Waals surface area contributed by atoms with Gasteiger partial charge in [0.15, 0.2) is 11.6 Å². The van der Waals surface area contributed by atoms with Gasteiger partial charge in [-0.25, -0.2) is 0 Å². The van der Waals surface area contributed by atoms with E-state index in [-0.39, 0.29) is 34.9 Å². The number of carbonyl (C=O) groups excluding carboxylic acids is 3. The summed E-state index contributed by atoms with van der Waals surface area (Å²) in [5.41, 5.74) is 0.130. The summed E-state index contributed by atoms with van der Waals surface area (Å²) in [6.45, 7) is 3.50. The monoisotopic (exact) mass is 250 g/mol. The van der Waals surface area contributed by atoms with Crippen LogP contribution in [0.1, 0.15) is 46.0 Å². The molecule has 2 aliphatic rings. The Hall–Kier alpha value is -1.45. The highest BCUT2D eigenvalue weighted by atomic mass is 16.5. The second-order valence-electron chi connectivity index (χ2n) is 5.29. The molecule has 0 N–H and O–H groups in total. The Labute approximate surface area is 106 Å². The maximum absolute atomic E-state index is 12.0. The number of ketones is 2. The van der Waals surface area contributed by atoms with E-state index in [1.807, 2.05) is 0 Å². The molecule has 0 spiro atoms. The molecule has 2 rings (SSSR count). The van der Waals surface area contributed by atoms with Crippen LogP contribution in [0.15, 0.2) is 11.3 Å². The van der Waals surface area contributed by atoms with Crippen LogP contribution in [0.5, 0.6) is 0 Å². The summed E-state index contributed by atoms with van der Waals surface area (Å²) in [4.78, 5) is 35.5. The lowest BCUT2D eigenvalue weighted by Gasteiger charge is -2.19. The third-order valence-corrected chi connectivity index (χ3v) is 3.27. The highest BCUT2D eigenvalue weighted by Crippen LogP contribution is 2.33. The van der Waals surface area contributed by atoms with E-state index in [9.17, 15) is 14.4 Å². The first-order valence-corrected chi connectivity index (χ1v) is 6.53. The quantitative estimate of drug-likeness (QED) is 0.566. The lowest BCUT2D eigenvalue weighted by atomic mass is 9.89. The molecule has 4 heteroatoms. The van der Waals surface area contributed by atoms with Crippen molar-refractivity contribution in [3.63, 3.8) is 0 Å². The Kier molecular flexibility index (Phi) is 3.64. The second kappa shape index (κ2) is 5.04. The zero-order chi connectivity index (χ0) is 13.3. The molecule has 0 aliphatic heterocycles. The van der Waals surface area contributed by atoms with Crippen LogP contribution in [0.4, 0.5) is 0 Å². The Bertz CT molecular complexity index is 427. The van der Waals surface area contributed by atoms with Crippen molar-refractivity contribution >= 4 is 17.5 Å². The van der Waals surface area contributed by atoms with Crippen molar-refractivity contribution in [2.24, 2.45) is 11.8 Å². The van der Waals surface area contributed by atoms with E-state index in [1.54, 1.807) is 13.8 Å². The molecule has 0 radical (unpaired) electrons. The molecule has 4 nitrogen and oxygen atoms in total. The average molecular weight is 250 g/mol. The van der Waals surface area contributed by atoms with Crippen LogP contribution < -0.4 is 0 Å². The summed E-state index contributed by atoms with van der Waals surface area (Å²) in [5, 5.41) is 0. The van der Waals surface area contributed by atoms with Gasteiger partial charge in [-0.1, -0.05) is 13.8 Å². The van der Waals surface area contributed by atoms with Crippen molar-refractivity contribution in [1.29, 1.82) is 0 Å². The summed E-state index contributed by atoms with van der Waals surface area (Å²) in [5.74, 6) is -0.644. The van der Waals surface area contributed by atoms with E-state index in [0.29, 0.717) is 25.0 Å². The van der Waals surface area contributed by atoms with E-state index < -0.39 is 0 Å². The zero-order valence-electron chi connectivity index (χ0n) is 10.8. The van der Waals surface area contributed by atoms with E-state index in [1.165, 1.54) is 0 Å². The van der Waals surface area contributed by atoms with Crippen molar-refractivity contribution in [1.82, 2.24) is 0 Å². The topological polar surface area (TPSA) is 60.4 Å². The van der Waals surface area contributed by atoms with Gasteiger partial charge in [0, 0.05) is 18.8 Å². The van der Waals surface area contributed by atoms with Crippen LogP contribution in [0, 0.1) is 11.8 Å². The minimum atomic E-state index is -0.284. The van der Waals surface area contributed by atoms with Gasteiger partial charge in [-0.15, -0.1) is 0 Å². The van der Waals surface area contributed by atoms with Gasteiger partial charge >= 0.3 is 5.97 Å². The van der Waals surface area contributed by atoms with Gasteiger partial charge in [0.1, 0.15) is 5.76 Å². The summed E-state index contributed by atoms with van der Waals surface area (Å²) in [7, 11) is 0. The van der Waals surface area contributed by atoms with Gasteiger partial charge < -0.3 is 4.74 Å². The highest BCUT2D eigenvalue weighted by Gasteiger charge is 2.35. The molecule has 0 heterocycles. The Morgan fingerprint density at radius 3 is 2.44 bits per heavy atom. The SMILES string of the molecule is CC(C)C(=O)C1=C(OC(=O)C2CC2)CCCC1=O. The third kappa shape index (κ3) is 2.68. The van der Waals surface area contributed by atoms with Gasteiger partial charge in [-0.3, -0.25) is 14.4 Å². The lowest BCUT2D eigenvalue weighted by Crippen LogP contribution is -2.25. The van der Waals surface area contributed by atoms with Crippen molar-refractivity contribution in [3.05, 3.63) is 11.3 Å². The van der Waals surface area contributed by atoms with E-state index in [0.717, 1.165) is 12.8 Å². The number of ether oxygens (including phenoxy) is 1. The molecule has 0 amide bonds. The normalized spacial score (nSPS) is 20.3. The van der Waals surface area contributed by atoms with Crippen LogP contribution in [0.2, 0.25) is 0 Å². The predicted octanol–water partition coefficient (Wildman–Crippen LogP) is 2.17. The van der Waals surface area contributed by atoms with Crippen molar-refractivity contribution in [2.75, 3.05) is 0 Å². The van der Waals surface area contributed by atoms with Crippen LogP contribution in [-0.4, -0.2) is 17.5 Å². The minimum Gasteiger partial charge on any atom is -0.430 e. The minimum absolute atomic E-state index is 0.0232. The van der Waals surface area contributed by atoms with Crippen LogP contribution in [0.3, 0.4) is 0 Å². The smallest absolute Gasteiger partial charge is 0.314 e. The summed E-state index contributed by atoms with van der Waals surface area (Å²) in [6.07, 6.45) is 3.25. The van der Waals surface area contributed by atoms with Gasteiger partial charge in [-0.2, -0.15) is 0 Å². The van der Waals surface area contributed by atoms with Gasteiger partial charge in [0.2, 0.25) is 0 Å². The predicted molar refractivity (Wildman–Crippen MR) is 64.5 cm³/mol. The number of Topliss-reactive ketones (excluding diaryl/α,β-unsaturated/α-hetero) is 2. The number of esters is 1. The maximum Gasteiger partial charge on any atom is 0.314 e. The number of rotatable bonds is 4. The molecular formula is C14H18O4. The molecule has 18 heavy (non-hydrogen) atoms. The highest BCUT2D eigenvalue weighted by molar-refractivity contribution is 6.21. The molecule has 0 aromatic carbocycles. The Morgan fingerprint density at radius 1 is 1.22 bits per heavy atom. The molecule has 0 aromatic rings. The van der Waals surface area contributed by atoms with E-state index in [2.05, 4.69) is 0 Å². The van der Waals surface area contributed by atoms with E-state index in [4.69, 9.17) is 4.74 Å². The maximum atomic E-state index is 12.0. The van der Waals surface area contributed by atoms with Gasteiger partial charge in [-0.05, 0) is 19.3 Å². The third-order valence-electron chi connectivity index (χ3n) is 3.27. The fraction of sp³-hybridized carbons (Fsp3) is 0.643. The molecule has 1 saturated carbocycles. The molecule has 2 aliphatic carbocycles. The van der Waals surface area contributed by atoms with Crippen LogP contribution >= 0.6 is 0 Å². The van der Waals surface area contributed by atoms with Crippen molar-refractivity contribution < 1.29 is 19.1 Å². The fourth-order valence-corrected chi connectivity index (χ4v) is 2.00. The molecular weight excluding hydrogens is 232 g/mol. The van der Waals surface area contributed by atoms with E-state index >= 15 is 0 Å².